The third-order valence-electron chi connectivity index (χ3n) is 5.78. The van der Waals surface area contributed by atoms with Crippen LogP contribution in [0.15, 0.2) is 42.5 Å². The highest BCUT2D eigenvalue weighted by molar-refractivity contribution is 5.99. The molecule has 0 bridgehead atoms. The lowest BCUT2D eigenvalue weighted by molar-refractivity contribution is -0.384. The van der Waals surface area contributed by atoms with Gasteiger partial charge >= 0.3 is 5.97 Å². The zero-order valence-corrected chi connectivity index (χ0v) is 20.0. The maximum atomic E-state index is 12.7. The van der Waals surface area contributed by atoms with Gasteiger partial charge in [-0.15, -0.1) is 0 Å². The van der Waals surface area contributed by atoms with Crippen LogP contribution in [0.3, 0.4) is 0 Å². The van der Waals surface area contributed by atoms with Crippen molar-refractivity contribution in [2.24, 2.45) is 0 Å². The minimum Gasteiger partial charge on any atom is -0.492 e. The third kappa shape index (κ3) is 7.76. The summed E-state index contributed by atoms with van der Waals surface area (Å²) in [4.78, 5) is 37.6. The summed E-state index contributed by atoms with van der Waals surface area (Å²) >= 11 is 0. The van der Waals surface area contributed by atoms with Crippen LogP contribution in [0.2, 0.25) is 0 Å². The van der Waals surface area contributed by atoms with Crippen molar-refractivity contribution >= 4 is 17.6 Å². The smallest absolute Gasteiger partial charge is 0.338 e. The monoisotopic (exact) mass is 485 g/mol. The molecule has 3 rings (SSSR count). The molecule has 0 atom stereocenters. The normalized spacial score (nSPS) is 13.9. The fourth-order valence-corrected chi connectivity index (χ4v) is 3.83. The summed E-state index contributed by atoms with van der Waals surface area (Å²) in [5, 5.41) is 14.0. The molecule has 1 amide bonds. The van der Waals surface area contributed by atoms with Crippen LogP contribution in [0.5, 0.6) is 5.75 Å². The van der Waals surface area contributed by atoms with E-state index in [1.165, 1.54) is 6.07 Å². The Bertz CT molecular complexity index is 1040. The molecule has 0 spiro atoms. The van der Waals surface area contributed by atoms with Crippen molar-refractivity contribution in [3.05, 3.63) is 69.3 Å². The molecule has 10 heteroatoms. The first-order valence-corrected chi connectivity index (χ1v) is 11.6. The summed E-state index contributed by atoms with van der Waals surface area (Å²) in [6.45, 7) is 4.86. The van der Waals surface area contributed by atoms with Crippen molar-refractivity contribution in [1.82, 2.24) is 10.2 Å². The average Bonchev–Trinajstić information content (AvgIpc) is 2.87. The SMILES string of the molecule is CCOC(=O)c1cc(C(=O)NCc2cccc(OCCN(C)C3CCOCC3)c2)cc([N+](=O)[O-])c1. The molecule has 0 aliphatic carbocycles. The molecule has 1 saturated heterocycles. The fraction of sp³-hybridized carbons (Fsp3) is 0.440. The number of carbonyl (C=O) groups excluding carboxylic acids is 2. The number of nitro groups is 1. The number of hydrogen-bond acceptors (Lipinski definition) is 8. The Kier molecular flexibility index (Phi) is 9.56. The van der Waals surface area contributed by atoms with E-state index in [0.717, 1.165) is 50.3 Å². The first-order valence-electron chi connectivity index (χ1n) is 11.6. The van der Waals surface area contributed by atoms with Gasteiger partial charge in [0.1, 0.15) is 12.4 Å². The Morgan fingerprint density at radius 3 is 2.63 bits per heavy atom. The Labute approximate surface area is 204 Å². The Hall–Kier alpha value is -3.50. The maximum Gasteiger partial charge on any atom is 0.338 e. The van der Waals surface area contributed by atoms with Gasteiger partial charge in [-0.05, 0) is 50.6 Å². The van der Waals surface area contributed by atoms with E-state index in [0.29, 0.717) is 18.4 Å². The second-order valence-electron chi connectivity index (χ2n) is 8.25. The van der Waals surface area contributed by atoms with Crippen LogP contribution in [-0.4, -0.2) is 67.8 Å². The van der Waals surface area contributed by atoms with Crippen molar-refractivity contribution in [2.45, 2.75) is 32.4 Å². The standard InChI is InChI=1S/C25H31N3O7/c1-3-34-25(30)20-14-19(15-22(16-20)28(31)32)24(29)26-17-18-5-4-6-23(13-18)35-12-9-27(2)21-7-10-33-11-8-21/h4-6,13-16,21H,3,7-12,17H2,1-2H3,(H,26,29). The molecule has 0 saturated carbocycles. The molecule has 0 unspecified atom stereocenters. The molecule has 10 nitrogen and oxygen atoms in total. The van der Waals surface area contributed by atoms with Crippen LogP contribution in [0.25, 0.3) is 0 Å². The second-order valence-corrected chi connectivity index (χ2v) is 8.25. The van der Waals surface area contributed by atoms with Crippen LogP contribution in [0.4, 0.5) is 5.69 Å². The zero-order valence-electron chi connectivity index (χ0n) is 20.0. The van der Waals surface area contributed by atoms with E-state index in [9.17, 15) is 19.7 Å². The minimum atomic E-state index is -0.724. The minimum absolute atomic E-state index is 0.00538. The Balaban J connectivity index is 1.56. The number of carbonyl (C=O) groups is 2. The highest BCUT2D eigenvalue weighted by Gasteiger charge is 2.19. The number of esters is 1. The van der Waals surface area contributed by atoms with E-state index >= 15 is 0 Å². The number of rotatable bonds is 11. The predicted molar refractivity (Wildman–Crippen MR) is 129 cm³/mol. The number of nitro benzene ring substituents is 1. The van der Waals surface area contributed by atoms with Crippen LogP contribution >= 0.6 is 0 Å². The van der Waals surface area contributed by atoms with Gasteiger partial charge in [-0.25, -0.2) is 4.79 Å². The number of benzene rings is 2. The van der Waals surface area contributed by atoms with Crippen molar-refractivity contribution < 1.29 is 28.7 Å². The van der Waals surface area contributed by atoms with Gasteiger partial charge in [0, 0.05) is 50.0 Å². The molecule has 1 N–H and O–H groups in total. The summed E-state index contributed by atoms with van der Waals surface area (Å²) < 4.78 is 16.2. The molecule has 2 aromatic rings. The summed E-state index contributed by atoms with van der Waals surface area (Å²) in [6, 6.07) is 11.4. The van der Waals surface area contributed by atoms with Gasteiger partial charge in [-0.2, -0.15) is 0 Å². The average molecular weight is 486 g/mol. The van der Waals surface area contributed by atoms with Crippen LogP contribution in [-0.2, 0) is 16.0 Å². The molecular formula is C25H31N3O7. The van der Waals surface area contributed by atoms with Gasteiger partial charge in [0.15, 0.2) is 0 Å². The number of ether oxygens (including phenoxy) is 3. The largest absolute Gasteiger partial charge is 0.492 e. The summed E-state index contributed by atoms with van der Waals surface area (Å²) in [7, 11) is 2.09. The van der Waals surface area contributed by atoms with Crippen molar-refractivity contribution in [1.29, 1.82) is 0 Å². The lowest BCUT2D eigenvalue weighted by Crippen LogP contribution is -2.38. The number of nitrogens with one attached hydrogen (secondary N) is 1. The fourth-order valence-electron chi connectivity index (χ4n) is 3.83. The van der Waals surface area contributed by atoms with Gasteiger partial charge < -0.3 is 19.5 Å². The summed E-state index contributed by atoms with van der Waals surface area (Å²) in [6.07, 6.45) is 2.05. The van der Waals surface area contributed by atoms with Gasteiger partial charge in [-0.1, -0.05) is 12.1 Å². The molecule has 2 aromatic carbocycles. The van der Waals surface area contributed by atoms with Crippen molar-refractivity contribution in [3.8, 4) is 5.75 Å². The van der Waals surface area contributed by atoms with E-state index in [4.69, 9.17) is 14.2 Å². The summed E-state index contributed by atoms with van der Waals surface area (Å²) in [5.74, 6) is -0.571. The topological polar surface area (TPSA) is 120 Å². The molecule has 0 aromatic heterocycles. The predicted octanol–water partition coefficient (Wildman–Crippen LogP) is 3.19. The van der Waals surface area contributed by atoms with Crippen LogP contribution in [0.1, 0.15) is 46.0 Å². The zero-order chi connectivity index (χ0) is 25.2. The van der Waals surface area contributed by atoms with Gasteiger partial charge in [0.2, 0.25) is 0 Å². The lowest BCUT2D eigenvalue weighted by Gasteiger charge is -2.31. The van der Waals surface area contributed by atoms with Crippen molar-refractivity contribution in [2.75, 3.05) is 40.0 Å². The molecule has 1 heterocycles. The Morgan fingerprint density at radius 1 is 1.17 bits per heavy atom. The highest BCUT2D eigenvalue weighted by Crippen LogP contribution is 2.19. The van der Waals surface area contributed by atoms with E-state index < -0.39 is 16.8 Å². The quantitative estimate of drug-likeness (QED) is 0.293. The van der Waals surface area contributed by atoms with E-state index in [-0.39, 0.29) is 30.0 Å². The number of hydrogen-bond donors (Lipinski definition) is 1. The molecule has 0 radical (unpaired) electrons. The van der Waals surface area contributed by atoms with E-state index in [1.807, 2.05) is 24.3 Å². The third-order valence-corrected chi connectivity index (χ3v) is 5.78. The lowest BCUT2D eigenvalue weighted by atomic mass is 10.1. The second kappa shape index (κ2) is 12.8. The molecule has 35 heavy (non-hydrogen) atoms. The van der Waals surface area contributed by atoms with E-state index in [1.54, 1.807) is 6.92 Å². The molecule has 1 aliphatic rings. The highest BCUT2D eigenvalue weighted by atomic mass is 16.6. The van der Waals surface area contributed by atoms with E-state index in [2.05, 4.69) is 17.3 Å². The van der Waals surface area contributed by atoms with Crippen LogP contribution in [0, 0.1) is 10.1 Å². The van der Waals surface area contributed by atoms with Crippen molar-refractivity contribution in [3.63, 3.8) is 0 Å². The van der Waals surface area contributed by atoms with Gasteiger partial charge in [0.25, 0.3) is 11.6 Å². The molecule has 188 valence electrons. The number of non-ortho nitro benzene ring substituents is 1. The molecule has 1 fully saturated rings. The summed E-state index contributed by atoms with van der Waals surface area (Å²) in [5.41, 5.74) is 0.407. The first kappa shape index (κ1) is 26.1. The molecule has 1 aliphatic heterocycles. The number of nitrogens with zero attached hydrogens (tertiary/aromatic N) is 2. The maximum absolute atomic E-state index is 12.7. The van der Waals surface area contributed by atoms with Gasteiger partial charge in [0.05, 0.1) is 17.1 Å². The van der Waals surface area contributed by atoms with Crippen LogP contribution < -0.4 is 10.1 Å². The number of likely N-dealkylation sites (N-methyl/N-ethyl adjacent to an activating group) is 1. The first-order chi connectivity index (χ1) is 16.9. The number of amides is 1. The molecular weight excluding hydrogens is 454 g/mol. The Morgan fingerprint density at radius 2 is 1.91 bits per heavy atom. The van der Waals surface area contributed by atoms with Gasteiger partial charge in [-0.3, -0.25) is 19.8 Å².